The van der Waals surface area contributed by atoms with Gasteiger partial charge in [-0.15, -0.1) is 0 Å². The lowest BCUT2D eigenvalue weighted by Crippen LogP contribution is -2.41. The summed E-state index contributed by atoms with van der Waals surface area (Å²) in [7, 11) is 1.66. The van der Waals surface area contributed by atoms with E-state index in [0.717, 1.165) is 25.9 Å². The molecule has 1 aliphatic carbocycles. The van der Waals surface area contributed by atoms with E-state index < -0.39 is 0 Å². The molecule has 0 aromatic heterocycles. The van der Waals surface area contributed by atoms with Crippen LogP contribution in [-0.2, 0) is 0 Å². The molecule has 2 aromatic rings. The SMILES string of the molecule is COc1c(Br)cc(N=Cc2ccc(N3CCC4(CCCCC4)CC3)cc2)cc1Br. The molecule has 0 atom stereocenters. The van der Waals surface area contributed by atoms with Gasteiger partial charge in [0, 0.05) is 25.0 Å². The average molecular weight is 520 g/mol. The van der Waals surface area contributed by atoms with Gasteiger partial charge in [-0.1, -0.05) is 31.4 Å². The quantitative estimate of drug-likeness (QED) is 0.390. The van der Waals surface area contributed by atoms with E-state index in [9.17, 15) is 0 Å². The fourth-order valence-corrected chi connectivity index (χ4v) is 6.26. The summed E-state index contributed by atoms with van der Waals surface area (Å²) < 4.78 is 7.12. The molecule has 1 saturated heterocycles. The Kier molecular flexibility index (Phi) is 6.65. The van der Waals surface area contributed by atoms with Crippen molar-refractivity contribution in [1.29, 1.82) is 0 Å². The van der Waals surface area contributed by atoms with Crippen molar-refractivity contribution in [2.24, 2.45) is 10.4 Å². The van der Waals surface area contributed by atoms with Gasteiger partial charge in [-0.05, 0) is 92.8 Å². The van der Waals surface area contributed by atoms with Crippen molar-refractivity contribution < 1.29 is 4.74 Å². The van der Waals surface area contributed by atoms with Crippen LogP contribution in [0, 0.1) is 5.41 Å². The summed E-state index contributed by atoms with van der Waals surface area (Å²) in [6, 6.07) is 12.7. The number of methoxy groups -OCH3 is 1. The fraction of sp³-hybridized carbons (Fsp3) is 0.458. The van der Waals surface area contributed by atoms with Crippen LogP contribution in [0.5, 0.6) is 5.75 Å². The Balaban J connectivity index is 1.39. The van der Waals surface area contributed by atoms with E-state index in [2.05, 4.69) is 66.0 Å². The first kappa shape index (κ1) is 20.9. The van der Waals surface area contributed by atoms with Crippen molar-refractivity contribution in [3.05, 3.63) is 50.9 Å². The van der Waals surface area contributed by atoms with Gasteiger partial charge in [0.05, 0.1) is 21.7 Å². The summed E-state index contributed by atoms with van der Waals surface area (Å²) in [5.74, 6) is 0.782. The maximum atomic E-state index is 5.35. The van der Waals surface area contributed by atoms with Crippen LogP contribution in [-0.4, -0.2) is 26.4 Å². The molecule has 2 aromatic carbocycles. The predicted molar refractivity (Wildman–Crippen MR) is 129 cm³/mol. The van der Waals surface area contributed by atoms with Gasteiger partial charge in [-0.3, -0.25) is 4.99 Å². The number of benzene rings is 2. The van der Waals surface area contributed by atoms with Gasteiger partial charge in [-0.25, -0.2) is 0 Å². The highest BCUT2D eigenvalue weighted by molar-refractivity contribution is 9.11. The minimum absolute atomic E-state index is 0.655. The lowest BCUT2D eigenvalue weighted by Gasteiger charge is -2.45. The number of rotatable bonds is 4. The number of anilines is 1. The molecule has 0 unspecified atom stereocenters. The third-order valence-electron chi connectivity index (χ3n) is 6.55. The monoisotopic (exact) mass is 518 g/mol. The Morgan fingerprint density at radius 2 is 1.55 bits per heavy atom. The van der Waals surface area contributed by atoms with Gasteiger partial charge in [0.1, 0.15) is 5.75 Å². The van der Waals surface area contributed by atoms with E-state index >= 15 is 0 Å². The highest BCUT2D eigenvalue weighted by Crippen LogP contribution is 2.45. The van der Waals surface area contributed by atoms with E-state index in [1.165, 1.54) is 63.7 Å². The molecule has 0 N–H and O–H groups in total. The molecule has 2 fully saturated rings. The van der Waals surface area contributed by atoms with Crippen molar-refractivity contribution in [2.45, 2.75) is 44.9 Å². The lowest BCUT2D eigenvalue weighted by molar-refractivity contribution is 0.144. The third-order valence-corrected chi connectivity index (χ3v) is 7.72. The molecule has 3 nitrogen and oxygen atoms in total. The molecule has 1 spiro atoms. The van der Waals surface area contributed by atoms with Crippen LogP contribution in [0.4, 0.5) is 11.4 Å². The number of ether oxygens (including phenoxy) is 1. The Morgan fingerprint density at radius 3 is 2.14 bits per heavy atom. The number of hydrogen-bond donors (Lipinski definition) is 0. The zero-order valence-corrected chi connectivity index (χ0v) is 20.1. The maximum absolute atomic E-state index is 5.35. The Labute approximate surface area is 190 Å². The summed E-state index contributed by atoms with van der Waals surface area (Å²) in [5, 5.41) is 0. The fourth-order valence-electron chi connectivity index (χ4n) is 4.78. The van der Waals surface area contributed by atoms with Crippen LogP contribution in [0.25, 0.3) is 0 Å². The number of piperidine rings is 1. The Morgan fingerprint density at radius 1 is 0.931 bits per heavy atom. The molecule has 2 aliphatic rings. The first-order valence-electron chi connectivity index (χ1n) is 10.5. The molecule has 1 aliphatic heterocycles. The molecular weight excluding hydrogens is 492 g/mol. The topological polar surface area (TPSA) is 24.8 Å². The molecule has 154 valence electrons. The van der Waals surface area contributed by atoms with Gasteiger partial charge >= 0.3 is 0 Å². The molecule has 1 heterocycles. The third kappa shape index (κ3) is 4.88. The summed E-state index contributed by atoms with van der Waals surface area (Å²) in [4.78, 5) is 7.17. The molecule has 29 heavy (non-hydrogen) atoms. The molecule has 0 amide bonds. The second-order valence-corrected chi connectivity index (χ2v) is 10.0. The molecule has 5 heteroatoms. The van der Waals surface area contributed by atoms with Crippen molar-refractivity contribution in [3.63, 3.8) is 0 Å². The zero-order chi connectivity index (χ0) is 20.3. The highest BCUT2D eigenvalue weighted by atomic mass is 79.9. The van der Waals surface area contributed by atoms with Crippen LogP contribution in [0.2, 0.25) is 0 Å². The van der Waals surface area contributed by atoms with E-state index in [0.29, 0.717) is 5.41 Å². The average Bonchev–Trinajstić information content (AvgIpc) is 2.74. The van der Waals surface area contributed by atoms with Crippen molar-refractivity contribution in [3.8, 4) is 5.75 Å². The van der Waals surface area contributed by atoms with E-state index in [1.807, 2.05) is 18.3 Å². The molecule has 0 radical (unpaired) electrons. The number of nitrogens with zero attached hydrogens (tertiary/aromatic N) is 2. The normalized spacial score (nSPS) is 19.1. The lowest BCUT2D eigenvalue weighted by atomic mass is 9.68. The first-order chi connectivity index (χ1) is 14.1. The second-order valence-electron chi connectivity index (χ2n) is 8.34. The van der Waals surface area contributed by atoms with E-state index in [-0.39, 0.29) is 0 Å². The van der Waals surface area contributed by atoms with Gasteiger partial charge in [0.2, 0.25) is 0 Å². The van der Waals surface area contributed by atoms with E-state index in [4.69, 9.17) is 4.74 Å². The standard InChI is InChI=1S/C24H28Br2N2O/c1-29-23-21(25)15-19(16-22(23)26)27-17-18-5-7-20(8-6-18)28-13-11-24(12-14-28)9-3-2-4-10-24/h5-8,15-17H,2-4,9-14H2,1H3. The number of aliphatic imine (C=N–C) groups is 1. The molecule has 0 bridgehead atoms. The van der Waals surface area contributed by atoms with Crippen molar-refractivity contribution >= 4 is 49.4 Å². The van der Waals surface area contributed by atoms with Crippen LogP contribution in [0.1, 0.15) is 50.5 Å². The molecule has 4 rings (SSSR count). The van der Waals surface area contributed by atoms with Crippen molar-refractivity contribution in [2.75, 3.05) is 25.1 Å². The first-order valence-corrected chi connectivity index (χ1v) is 12.1. The minimum atomic E-state index is 0.655. The van der Waals surface area contributed by atoms with Crippen LogP contribution >= 0.6 is 31.9 Å². The summed E-state index contributed by atoms with van der Waals surface area (Å²) in [5.41, 5.74) is 3.98. The van der Waals surface area contributed by atoms with Gasteiger partial charge < -0.3 is 9.64 Å². The number of halogens is 2. The minimum Gasteiger partial charge on any atom is -0.494 e. The summed E-state index contributed by atoms with van der Waals surface area (Å²) >= 11 is 7.06. The largest absolute Gasteiger partial charge is 0.494 e. The maximum Gasteiger partial charge on any atom is 0.147 e. The van der Waals surface area contributed by atoms with Crippen LogP contribution in [0.15, 0.2) is 50.3 Å². The van der Waals surface area contributed by atoms with E-state index in [1.54, 1.807) is 7.11 Å². The van der Waals surface area contributed by atoms with Gasteiger partial charge in [0.25, 0.3) is 0 Å². The highest BCUT2D eigenvalue weighted by Gasteiger charge is 2.35. The molecule has 1 saturated carbocycles. The zero-order valence-electron chi connectivity index (χ0n) is 17.0. The summed E-state index contributed by atoms with van der Waals surface area (Å²) in [6.45, 7) is 2.39. The van der Waals surface area contributed by atoms with Crippen LogP contribution < -0.4 is 9.64 Å². The van der Waals surface area contributed by atoms with Crippen molar-refractivity contribution in [1.82, 2.24) is 0 Å². The summed E-state index contributed by atoms with van der Waals surface area (Å²) in [6.07, 6.45) is 11.9. The van der Waals surface area contributed by atoms with Crippen LogP contribution in [0.3, 0.4) is 0 Å². The second kappa shape index (κ2) is 9.22. The number of hydrogen-bond acceptors (Lipinski definition) is 3. The van der Waals surface area contributed by atoms with Gasteiger partial charge in [-0.2, -0.15) is 0 Å². The molecular formula is C24H28Br2N2O. The smallest absolute Gasteiger partial charge is 0.147 e. The van der Waals surface area contributed by atoms with Gasteiger partial charge in [0.15, 0.2) is 0 Å². The predicted octanol–water partition coefficient (Wildman–Crippen LogP) is 7.52. The Hall–Kier alpha value is -1.33. The Bertz CT molecular complexity index is 840.